The SMILES string of the molecule is CCCc1c(-c2ccccc2NC)[nH]c2ccc(Br)cc12. The zero-order chi connectivity index (χ0) is 14.8. The summed E-state index contributed by atoms with van der Waals surface area (Å²) in [6.07, 6.45) is 2.21. The van der Waals surface area contributed by atoms with Crippen molar-refractivity contribution >= 4 is 32.5 Å². The Kier molecular flexibility index (Phi) is 4.02. The fraction of sp³-hybridized carbons (Fsp3) is 0.222. The van der Waals surface area contributed by atoms with E-state index in [1.165, 1.54) is 27.7 Å². The lowest BCUT2D eigenvalue weighted by Gasteiger charge is -2.10. The highest BCUT2D eigenvalue weighted by Gasteiger charge is 2.14. The van der Waals surface area contributed by atoms with Crippen molar-refractivity contribution in [2.75, 3.05) is 12.4 Å². The summed E-state index contributed by atoms with van der Waals surface area (Å²) in [7, 11) is 1.97. The maximum Gasteiger partial charge on any atom is 0.0518 e. The van der Waals surface area contributed by atoms with E-state index in [1.54, 1.807) is 0 Å². The lowest BCUT2D eigenvalue weighted by molar-refractivity contribution is 0.931. The third kappa shape index (κ3) is 2.58. The zero-order valence-electron chi connectivity index (χ0n) is 12.3. The minimum absolute atomic E-state index is 1.07. The average Bonchev–Trinajstić information content (AvgIpc) is 2.86. The number of anilines is 1. The molecule has 2 N–H and O–H groups in total. The molecule has 21 heavy (non-hydrogen) atoms. The topological polar surface area (TPSA) is 27.8 Å². The first-order valence-corrected chi connectivity index (χ1v) is 8.11. The fourth-order valence-corrected chi connectivity index (χ4v) is 3.24. The number of aromatic amines is 1. The summed E-state index contributed by atoms with van der Waals surface area (Å²) in [5, 5.41) is 4.60. The van der Waals surface area contributed by atoms with Crippen LogP contribution in [0.5, 0.6) is 0 Å². The van der Waals surface area contributed by atoms with Crippen molar-refractivity contribution in [3.05, 3.63) is 52.5 Å². The number of aromatic nitrogens is 1. The molecule has 0 radical (unpaired) electrons. The molecule has 108 valence electrons. The number of aryl methyl sites for hydroxylation is 1. The molecule has 1 heterocycles. The number of halogens is 1. The first-order chi connectivity index (χ1) is 10.2. The van der Waals surface area contributed by atoms with Crippen molar-refractivity contribution in [2.45, 2.75) is 19.8 Å². The number of hydrogen-bond acceptors (Lipinski definition) is 1. The highest BCUT2D eigenvalue weighted by atomic mass is 79.9. The molecular formula is C18H19BrN2. The minimum Gasteiger partial charge on any atom is -0.388 e. The van der Waals surface area contributed by atoms with E-state index in [9.17, 15) is 0 Å². The first-order valence-electron chi connectivity index (χ1n) is 7.32. The lowest BCUT2D eigenvalue weighted by atomic mass is 10.0. The van der Waals surface area contributed by atoms with Crippen molar-refractivity contribution < 1.29 is 0 Å². The molecule has 0 aliphatic heterocycles. The standard InChI is InChI=1S/C18H19BrN2/c1-3-6-13-15-11-12(19)9-10-17(15)21-18(13)14-7-4-5-8-16(14)20-2/h4-5,7-11,20-21H,3,6H2,1-2H3. The van der Waals surface area contributed by atoms with E-state index in [2.05, 4.69) is 75.6 Å². The van der Waals surface area contributed by atoms with E-state index >= 15 is 0 Å². The third-order valence-electron chi connectivity index (χ3n) is 3.83. The van der Waals surface area contributed by atoms with E-state index in [-0.39, 0.29) is 0 Å². The largest absolute Gasteiger partial charge is 0.388 e. The van der Waals surface area contributed by atoms with Gasteiger partial charge in [-0.2, -0.15) is 0 Å². The highest BCUT2D eigenvalue weighted by Crippen LogP contribution is 2.36. The van der Waals surface area contributed by atoms with Gasteiger partial charge in [-0.25, -0.2) is 0 Å². The summed E-state index contributed by atoms with van der Waals surface area (Å²) in [5.41, 5.74) is 6.21. The molecule has 0 bridgehead atoms. The molecule has 0 aliphatic rings. The number of benzene rings is 2. The van der Waals surface area contributed by atoms with Crippen LogP contribution in [0.3, 0.4) is 0 Å². The van der Waals surface area contributed by atoms with Gasteiger partial charge in [0.2, 0.25) is 0 Å². The summed E-state index contributed by atoms with van der Waals surface area (Å²) in [6.45, 7) is 2.23. The molecule has 2 nitrogen and oxygen atoms in total. The van der Waals surface area contributed by atoms with Gasteiger partial charge in [0.1, 0.15) is 0 Å². The van der Waals surface area contributed by atoms with E-state index in [0.29, 0.717) is 0 Å². The predicted octanol–water partition coefficient (Wildman–Crippen LogP) is 5.59. The summed E-state index contributed by atoms with van der Waals surface area (Å²) in [4.78, 5) is 3.61. The zero-order valence-corrected chi connectivity index (χ0v) is 13.9. The fourth-order valence-electron chi connectivity index (χ4n) is 2.88. The van der Waals surface area contributed by atoms with Crippen molar-refractivity contribution in [3.8, 4) is 11.3 Å². The molecule has 0 unspecified atom stereocenters. The van der Waals surface area contributed by atoms with Gasteiger partial charge in [-0.05, 0) is 36.2 Å². The quantitative estimate of drug-likeness (QED) is 0.635. The number of nitrogens with one attached hydrogen (secondary N) is 2. The van der Waals surface area contributed by atoms with Gasteiger partial charge in [-0.1, -0.05) is 47.5 Å². The molecule has 0 atom stereocenters. The van der Waals surface area contributed by atoms with Crippen LogP contribution in [0, 0.1) is 0 Å². The van der Waals surface area contributed by atoms with E-state index in [0.717, 1.165) is 23.0 Å². The predicted molar refractivity (Wildman–Crippen MR) is 95.0 cm³/mol. The molecule has 3 heteroatoms. The summed E-state index contributed by atoms with van der Waals surface area (Å²) >= 11 is 3.59. The van der Waals surface area contributed by atoms with E-state index in [1.807, 2.05) is 7.05 Å². The molecule has 0 amide bonds. The van der Waals surface area contributed by atoms with Crippen molar-refractivity contribution in [3.63, 3.8) is 0 Å². The van der Waals surface area contributed by atoms with Crippen LogP contribution in [0.1, 0.15) is 18.9 Å². The Labute approximate surface area is 133 Å². The van der Waals surface area contributed by atoms with Crippen LogP contribution in [0.2, 0.25) is 0 Å². The van der Waals surface area contributed by atoms with Crippen LogP contribution in [0.4, 0.5) is 5.69 Å². The van der Waals surface area contributed by atoms with Crippen LogP contribution < -0.4 is 5.32 Å². The molecule has 0 saturated carbocycles. The minimum atomic E-state index is 1.07. The van der Waals surface area contributed by atoms with Crippen LogP contribution in [-0.4, -0.2) is 12.0 Å². The Hall–Kier alpha value is -1.74. The second-order valence-electron chi connectivity index (χ2n) is 5.21. The van der Waals surface area contributed by atoms with Crippen LogP contribution >= 0.6 is 15.9 Å². The number of para-hydroxylation sites is 1. The van der Waals surface area contributed by atoms with Crippen LogP contribution in [0.25, 0.3) is 22.2 Å². The second-order valence-corrected chi connectivity index (χ2v) is 6.13. The maximum absolute atomic E-state index is 3.61. The normalized spacial score (nSPS) is 11.0. The highest BCUT2D eigenvalue weighted by molar-refractivity contribution is 9.10. The van der Waals surface area contributed by atoms with Gasteiger partial charge in [0.05, 0.1) is 5.69 Å². The van der Waals surface area contributed by atoms with Crippen LogP contribution in [0.15, 0.2) is 46.9 Å². The molecule has 3 rings (SSSR count). The lowest BCUT2D eigenvalue weighted by Crippen LogP contribution is -1.94. The number of rotatable bonds is 4. The Bertz CT molecular complexity index is 774. The molecule has 0 saturated heterocycles. The third-order valence-corrected chi connectivity index (χ3v) is 4.33. The van der Waals surface area contributed by atoms with Crippen molar-refractivity contribution in [1.82, 2.24) is 4.98 Å². The number of hydrogen-bond donors (Lipinski definition) is 2. The molecule has 2 aromatic carbocycles. The summed E-state index contributed by atoms with van der Waals surface area (Å²) in [5.74, 6) is 0. The van der Waals surface area contributed by atoms with Gasteiger partial charge in [-0.15, -0.1) is 0 Å². The van der Waals surface area contributed by atoms with Gasteiger partial charge in [0.25, 0.3) is 0 Å². The summed E-state index contributed by atoms with van der Waals surface area (Å²) in [6, 6.07) is 14.9. The van der Waals surface area contributed by atoms with E-state index < -0.39 is 0 Å². The number of fused-ring (bicyclic) bond motifs is 1. The smallest absolute Gasteiger partial charge is 0.0518 e. The molecule has 0 spiro atoms. The van der Waals surface area contributed by atoms with Crippen LogP contribution in [-0.2, 0) is 6.42 Å². The maximum atomic E-state index is 3.61. The molecule has 0 fully saturated rings. The first kappa shape index (κ1) is 14.2. The molecule has 3 aromatic rings. The Morgan fingerprint density at radius 1 is 1.14 bits per heavy atom. The monoisotopic (exact) mass is 342 g/mol. The molecular weight excluding hydrogens is 324 g/mol. The van der Waals surface area contributed by atoms with Gasteiger partial charge in [0, 0.05) is 33.7 Å². The molecule has 0 aliphatic carbocycles. The van der Waals surface area contributed by atoms with Gasteiger partial charge >= 0.3 is 0 Å². The average molecular weight is 343 g/mol. The Balaban J connectivity index is 2.28. The Morgan fingerprint density at radius 2 is 1.95 bits per heavy atom. The van der Waals surface area contributed by atoms with Gasteiger partial charge in [-0.3, -0.25) is 0 Å². The van der Waals surface area contributed by atoms with Crippen molar-refractivity contribution in [2.24, 2.45) is 0 Å². The molecule has 1 aromatic heterocycles. The second kappa shape index (κ2) is 5.94. The van der Waals surface area contributed by atoms with Crippen molar-refractivity contribution in [1.29, 1.82) is 0 Å². The van der Waals surface area contributed by atoms with Gasteiger partial charge < -0.3 is 10.3 Å². The van der Waals surface area contributed by atoms with Gasteiger partial charge in [0.15, 0.2) is 0 Å². The van der Waals surface area contributed by atoms with E-state index in [4.69, 9.17) is 0 Å². The Morgan fingerprint density at radius 3 is 2.71 bits per heavy atom. The number of H-pyrrole nitrogens is 1. The summed E-state index contributed by atoms with van der Waals surface area (Å²) < 4.78 is 1.12.